The molecule has 0 aliphatic heterocycles. The fraction of sp³-hybridized carbons (Fsp3) is 0.176. The summed E-state index contributed by atoms with van der Waals surface area (Å²) in [6.45, 7) is 0.973. The van der Waals surface area contributed by atoms with Gasteiger partial charge in [-0.25, -0.2) is 9.59 Å². The summed E-state index contributed by atoms with van der Waals surface area (Å²) in [5, 5.41) is 0.754. The number of anilines is 1. The van der Waals surface area contributed by atoms with Crippen molar-refractivity contribution in [1.82, 2.24) is 9.55 Å². The van der Waals surface area contributed by atoms with E-state index < -0.39 is 35.2 Å². The number of nitrogens with two attached hydrogens (primary N) is 1. The molecule has 2 aromatic heterocycles. The molecular formula is C17H15N3O6. The van der Waals surface area contributed by atoms with E-state index in [1.54, 1.807) is 31.2 Å². The van der Waals surface area contributed by atoms with Gasteiger partial charge in [0.25, 0.3) is 5.56 Å². The predicted molar refractivity (Wildman–Crippen MR) is 92.3 cm³/mol. The zero-order valence-corrected chi connectivity index (χ0v) is 14.0. The highest BCUT2D eigenvalue weighted by molar-refractivity contribution is 6.02. The molecule has 0 atom stereocenters. The third-order valence-electron chi connectivity index (χ3n) is 4.01. The Bertz CT molecular complexity index is 1150. The van der Waals surface area contributed by atoms with Crippen molar-refractivity contribution in [3.8, 4) is 0 Å². The molecule has 9 heteroatoms. The van der Waals surface area contributed by atoms with Crippen LogP contribution in [0.15, 0.2) is 38.3 Å². The average Bonchev–Trinajstić information content (AvgIpc) is 2.95. The van der Waals surface area contributed by atoms with E-state index >= 15 is 0 Å². The number of aromatic nitrogens is 2. The van der Waals surface area contributed by atoms with E-state index in [2.05, 4.69) is 0 Å². The summed E-state index contributed by atoms with van der Waals surface area (Å²) in [5.41, 5.74) is 4.61. The van der Waals surface area contributed by atoms with Crippen LogP contribution in [0.5, 0.6) is 0 Å². The van der Waals surface area contributed by atoms with E-state index in [-0.39, 0.29) is 11.6 Å². The maximum absolute atomic E-state index is 12.2. The van der Waals surface area contributed by atoms with Crippen LogP contribution < -0.4 is 17.0 Å². The van der Waals surface area contributed by atoms with Crippen molar-refractivity contribution >= 4 is 28.5 Å². The fourth-order valence-electron chi connectivity index (χ4n) is 2.54. The second-order valence-electron chi connectivity index (χ2n) is 5.63. The zero-order chi connectivity index (χ0) is 19.0. The Kier molecular flexibility index (Phi) is 4.21. The van der Waals surface area contributed by atoms with Crippen LogP contribution in [0.2, 0.25) is 0 Å². The molecule has 0 radical (unpaired) electrons. The molecule has 2 heterocycles. The second kappa shape index (κ2) is 6.36. The number of carbonyl (C=O) groups excluding carboxylic acids is 2. The second-order valence-corrected chi connectivity index (χ2v) is 5.63. The minimum atomic E-state index is -0.938. The number of H-pyrrole nitrogens is 1. The van der Waals surface area contributed by atoms with E-state index in [4.69, 9.17) is 14.9 Å². The topological polar surface area (TPSA) is 137 Å². The van der Waals surface area contributed by atoms with Crippen LogP contribution in [0.3, 0.4) is 0 Å². The van der Waals surface area contributed by atoms with Crippen molar-refractivity contribution in [1.29, 1.82) is 0 Å². The molecule has 0 aliphatic carbocycles. The Morgan fingerprint density at radius 1 is 1.27 bits per heavy atom. The van der Waals surface area contributed by atoms with E-state index in [0.717, 1.165) is 9.95 Å². The van der Waals surface area contributed by atoms with Crippen LogP contribution in [0.4, 0.5) is 5.82 Å². The monoisotopic (exact) mass is 357 g/mol. The number of hydrogen-bond donors (Lipinski definition) is 2. The molecule has 0 saturated heterocycles. The number of aryl methyl sites for hydroxylation is 1. The largest absolute Gasteiger partial charge is 0.451 e. The number of esters is 1. The number of Topliss-reactive ketones (excluding diaryl/α,β-unsaturated/α-hetero) is 1. The highest BCUT2D eigenvalue weighted by Gasteiger charge is 2.23. The Balaban J connectivity index is 1.83. The standard InChI is InChI=1S/C17H15N3O6/c1-8-9-5-3-4-6-11(9)26-13(8)16(23)25-7-10(21)12-14(18)20(2)17(24)19-15(12)22/h3-6H,7,18H2,1-2H3,(H,19,22,24). The first kappa shape index (κ1) is 17.2. The lowest BCUT2D eigenvalue weighted by Crippen LogP contribution is -2.35. The third kappa shape index (κ3) is 2.79. The maximum atomic E-state index is 12.2. The van der Waals surface area contributed by atoms with Crippen LogP contribution >= 0.6 is 0 Å². The number of nitrogen functional groups attached to an aromatic ring is 1. The number of furan rings is 1. The number of ether oxygens (including phenoxy) is 1. The summed E-state index contributed by atoms with van der Waals surface area (Å²) in [7, 11) is 1.30. The molecule has 1 aromatic carbocycles. The van der Waals surface area contributed by atoms with E-state index in [1.807, 2.05) is 4.98 Å². The molecule has 134 valence electrons. The van der Waals surface area contributed by atoms with Crippen molar-refractivity contribution in [3.63, 3.8) is 0 Å². The van der Waals surface area contributed by atoms with Gasteiger partial charge >= 0.3 is 11.7 Å². The summed E-state index contributed by atoms with van der Waals surface area (Å²) in [6, 6.07) is 7.06. The summed E-state index contributed by atoms with van der Waals surface area (Å²) < 4.78 is 11.3. The molecule has 0 fully saturated rings. The number of nitrogens with zero attached hydrogens (tertiary/aromatic N) is 1. The van der Waals surface area contributed by atoms with Gasteiger partial charge in [0.1, 0.15) is 17.0 Å². The molecule has 0 amide bonds. The van der Waals surface area contributed by atoms with Gasteiger partial charge in [-0.1, -0.05) is 18.2 Å². The van der Waals surface area contributed by atoms with E-state index in [9.17, 15) is 19.2 Å². The van der Waals surface area contributed by atoms with Crippen molar-refractivity contribution in [2.75, 3.05) is 12.3 Å². The molecule has 0 spiro atoms. The number of benzene rings is 1. The number of hydrogen-bond acceptors (Lipinski definition) is 7. The molecule has 3 N–H and O–H groups in total. The first-order valence-corrected chi connectivity index (χ1v) is 7.58. The van der Waals surface area contributed by atoms with Crippen molar-refractivity contribution in [3.05, 3.63) is 62.0 Å². The molecule has 0 bridgehead atoms. The average molecular weight is 357 g/mol. The highest BCUT2D eigenvalue weighted by atomic mass is 16.5. The van der Waals surface area contributed by atoms with Gasteiger partial charge in [0, 0.05) is 18.0 Å². The summed E-state index contributed by atoms with van der Waals surface area (Å²) in [6.07, 6.45) is 0. The van der Waals surface area contributed by atoms with Gasteiger partial charge in [-0.2, -0.15) is 0 Å². The van der Waals surface area contributed by atoms with Gasteiger partial charge < -0.3 is 14.9 Å². The third-order valence-corrected chi connectivity index (χ3v) is 4.01. The number of para-hydroxylation sites is 1. The van der Waals surface area contributed by atoms with Gasteiger partial charge in [-0.3, -0.25) is 19.1 Å². The van der Waals surface area contributed by atoms with Gasteiger partial charge in [0.15, 0.2) is 6.61 Å². The van der Waals surface area contributed by atoms with Crippen molar-refractivity contribution in [2.45, 2.75) is 6.92 Å². The number of ketones is 1. The lowest BCUT2D eigenvalue weighted by atomic mass is 10.1. The fourth-order valence-corrected chi connectivity index (χ4v) is 2.54. The number of rotatable bonds is 4. The van der Waals surface area contributed by atoms with Crippen LogP contribution in [-0.4, -0.2) is 27.9 Å². The Morgan fingerprint density at radius 3 is 2.65 bits per heavy atom. The van der Waals surface area contributed by atoms with Crippen LogP contribution in [0.1, 0.15) is 26.5 Å². The minimum Gasteiger partial charge on any atom is -0.451 e. The number of nitrogens with one attached hydrogen (secondary N) is 1. The van der Waals surface area contributed by atoms with Crippen molar-refractivity contribution in [2.24, 2.45) is 7.05 Å². The van der Waals surface area contributed by atoms with E-state index in [1.165, 1.54) is 7.05 Å². The Labute approximate surface area is 146 Å². The molecule has 0 unspecified atom stereocenters. The van der Waals surface area contributed by atoms with Gasteiger partial charge in [0.05, 0.1) is 0 Å². The lowest BCUT2D eigenvalue weighted by molar-refractivity contribution is 0.0445. The first-order valence-electron chi connectivity index (χ1n) is 7.58. The molecule has 0 saturated carbocycles. The highest BCUT2D eigenvalue weighted by Crippen LogP contribution is 2.25. The molecule has 3 rings (SSSR count). The normalized spacial score (nSPS) is 10.8. The molecule has 0 aliphatic rings. The predicted octanol–water partition coefficient (Wildman–Crippen LogP) is 0.750. The van der Waals surface area contributed by atoms with Crippen molar-refractivity contribution < 1.29 is 18.7 Å². The summed E-state index contributed by atoms with van der Waals surface area (Å²) >= 11 is 0. The minimum absolute atomic E-state index is 0.0265. The summed E-state index contributed by atoms with van der Waals surface area (Å²) in [4.78, 5) is 49.6. The molecular weight excluding hydrogens is 342 g/mol. The van der Waals surface area contributed by atoms with Crippen LogP contribution in [-0.2, 0) is 11.8 Å². The van der Waals surface area contributed by atoms with Crippen LogP contribution in [0.25, 0.3) is 11.0 Å². The number of aromatic amines is 1. The zero-order valence-electron chi connectivity index (χ0n) is 14.0. The molecule has 3 aromatic rings. The number of fused-ring (bicyclic) bond motifs is 1. The lowest BCUT2D eigenvalue weighted by Gasteiger charge is -2.08. The molecule has 26 heavy (non-hydrogen) atoms. The Morgan fingerprint density at radius 2 is 1.96 bits per heavy atom. The summed E-state index contributed by atoms with van der Waals surface area (Å²) in [5.74, 6) is -2.01. The van der Waals surface area contributed by atoms with Gasteiger partial charge in [-0.05, 0) is 13.0 Å². The first-order chi connectivity index (χ1) is 12.3. The van der Waals surface area contributed by atoms with Gasteiger partial charge in [0.2, 0.25) is 11.5 Å². The smallest absolute Gasteiger partial charge is 0.375 e. The van der Waals surface area contributed by atoms with Gasteiger partial charge in [-0.15, -0.1) is 0 Å². The quantitative estimate of drug-likeness (QED) is 0.519. The van der Waals surface area contributed by atoms with E-state index in [0.29, 0.717) is 11.1 Å². The SMILES string of the molecule is Cc1c(C(=O)OCC(=O)c2c(N)n(C)c(=O)[nH]c2=O)oc2ccccc12. The van der Waals surface area contributed by atoms with Crippen LogP contribution in [0, 0.1) is 6.92 Å². The maximum Gasteiger partial charge on any atom is 0.375 e. The number of carbonyl (C=O) groups is 2. The molecule has 9 nitrogen and oxygen atoms in total. The Hall–Kier alpha value is -3.62.